The molecule has 0 fully saturated rings. The summed E-state index contributed by atoms with van der Waals surface area (Å²) in [5.74, 6) is -0.911. The van der Waals surface area contributed by atoms with Gasteiger partial charge in [0.1, 0.15) is 6.04 Å². The van der Waals surface area contributed by atoms with Crippen molar-refractivity contribution in [1.29, 1.82) is 0 Å². The highest BCUT2D eigenvalue weighted by atomic mass is 35.5. The van der Waals surface area contributed by atoms with Crippen molar-refractivity contribution in [3.05, 3.63) is 143 Å². The molecule has 41 heavy (non-hydrogen) atoms. The van der Waals surface area contributed by atoms with Crippen molar-refractivity contribution in [2.45, 2.75) is 25.7 Å². The van der Waals surface area contributed by atoms with Crippen LogP contribution in [0.25, 0.3) is 0 Å². The van der Waals surface area contributed by atoms with E-state index in [2.05, 4.69) is 5.32 Å². The number of hydrogen-bond acceptors (Lipinski definition) is 4. The van der Waals surface area contributed by atoms with E-state index in [9.17, 15) is 18.0 Å². The second kappa shape index (κ2) is 14.1. The molecule has 9 heteroatoms. The molecule has 0 aliphatic rings. The number of hydrogen-bond donors (Lipinski definition) is 1. The Labute approximate surface area is 246 Å². The number of benzene rings is 4. The van der Waals surface area contributed by atoms with Gasteiger partial charge in [0.05, 0.1) is 12.8 Å². The van der Waals surface area contributed by atoms with Gasteiger partial charge >= 0.3 is 0 Å². The van der Waals surface area contributed by atoms with Crippen LogP contribution >= 0.6 is 11.6 Å². The Morgan fingerprint density at radius 2 is 1.27 bits per heavy atom. The Bertz CT molecular complexity index is 1550. The summed E-state index contributed by atoms with van der Waals surface area (Å²) in [6.07, 6.45) is 1.08. The molecule has 4 aromatic carbocycles. The minimum absolute atomic E-state index is 0.0271. The Kier molecular flexibility index (Phi) is 10.3. The number of sulfonamides is 1. The van der Waals surface area contributed by atoms with E-state index in [1.807, 2.05) is 72.8 Å². The summed E-state index contributed by atoms with van der Waals surface area (Å²) < 4.78 is 26.7. The van der Waals surface area contributed by atoms with Crippen LogP contribution in [0.1, 0.15) is 28.3 Å². The van der Waals surface area contributed by atoms with E-state index in [-0.39, 0.29) is 19.6 Å². The smallest absolute Gasteiger partial charge is 0.247 e. The maximum atomic E-state index is 14.1. The average molecular weight is 590 g/mol. The lowest BCUT2D eigenvalue weighted by Crippen LogP contribution is -2.47. The van der Waals surface area contributed by atoms with E-state index in [1.54, 1.807) is 42.5 Å². The Morgan fingerprint density at radius 3 is 1.83 bits per heavy atom. The number of nitrogens with one attached hydrogen (secondary N) is 1. The summed E-state index contributed by atoms with van der Waals surface area (Å²) in [5, 5.41) is 3.45. The summed E-state index contributed by atoms with van der Waals surface area (Å²) in [6.45, 7) is -0.138. The molecular formula is C32H32ClN3O4S. The largest absolute Gasteiger partial charge is 0.350 e. The predicted octanol–water partition coefficient (Wildman–Crippen LogP) is 5.19. The zero-order chi connectivity index (χ0) is 29.2. The molecule has 1 atom stereocenters. The second-order valence-electron chi connectivity index (χ2n) is 9.65. The highest BCUT2D eigenvalue weighted by Gasteiger charge is 2.33. The van der Waals surface area contributed by atoms with Crippen molar-refractivity contribution in [3.63, 3.8) is 0 Å². The van der Waals surface area contributed by atoms with Crippen LogP contribution in [-0.2, 0) is 39.2 Å². The fourth-order valence-electron chi connectivity index (χ4n) is 4.45. The number of rotatable bonds is 12. The normalized spacial score (nSPS) is 12.1. The molecule has 0 radical (unpaired) electrons. The zero-order valence-corrected chi connectivity index (χ0v) is 24.3. The van der Waals surface area contributed by atoms with Crippen LogP contribution in [0.4, 0.5) is 0 Å². The highest BCUT2D eigenvalue weighted by molar-refractivity contribution is 7.88. The maximum Gasteiger partial charge on any atom is 0.247 e. The fourth-order valence-corrected chi connectivity index (χ4v) is 5.38. The summed E-state index contributed by atoms with van der Waals surface area (Å²) in [4.78, 5) is 29.4. The number of halogens is 1. The minimum atomic E-state index is -3.76. The second-order valence-corrected chi connectivity index (χ2v) is 12.0. The van der Waals surface area contributed by atoms with Gasteiger partial charge < -0.3 is 10.2 Å². The quantitative estimate of drug-likeness (QED) is 0.246. The van der Waals surface area contributed by atoms with Crippen molar-refractivity contribution < 1.29 is 18.0 Å². The van der Waals surface area contributed by atoms with E-state index in [0.29, 0.717) is 10.6 Å². The standard InChI is InChI=1S/C32H32ClN3O4S/c1-41(39,40)35(22-25-13-5-2-6-14-25)24-30(37)36(23-26-15-7-3-8-16-26)31(27-17-9-4-10-18-27)32(38)34-21-28-19-11-12-20-29(28)33/h2-20,31H,21-24H2,1H3,(H,34,38). The molecule has 4 aromatic rings. The maximum absolute atomic E-state index is 14.1. The molecular weight excluding hydrogens is 558 g/mol. The van der Waals surface area contributed by atoms with E-state index in [1.165, 1.54) is 4.90 Å². The molecule has 0 aliphatic carbocycles. The molecule has 4 rings (SSSR count). The van der Waals surface area contributed by atoms with Gasteiger partial charge in [0, 0.05) is 24.7 Å². The van der Waals surface area contributed by atoms with E-state index in [0.717, 1.165) is 27.3 Å². The highest BCUT2D eigenvalue weighted by Crippen LogP contribution is 2.25. The molecule has 0 aromatic heterocycles. The minimum Gasteiger partial charge on any atom is -0.350 e. The molecule has 0 saturated carbocycles. The van der Waals surface area contributed by atoms with Crippen molar-refractivity contribution in [3.8, 4) is 0 Å². The average Bonchev–Trinajstić information content (AvgIpc) is 2.97. The predicted molar refractivity (Wildman–Crippen MR) is 161 cm³/mol. The van der Waals surface area contributed by atoms with Gasteiger partial charge in [-0.2, -0.15) is 4.31 Å². The summed E-state index contributed by atoms with van der Waals surface area (Å²) in [5.41, 5.74) is 2.89. The first-order valence-electron chi connectivity index (χ1n) is 13.1. The molecule has 7 nitrogen and oxygen atoms in total. The number of nitrogens with zero attached hydrogens (tertiary/aromatic N) is 2. The van der Waals surface area contributed by atoms with Crippen molar-refractivity contribution in [1.82, 2.24) is 14.5 Å². The topological polar surface area (TPSA) is 86.8 Å². The molecule has 212 valence electrons. The Balaban J connectivity index is 1.69. The SMILES string of the molecule is CS(=O)(=O)N(CC(=O)N(Cc1ccccc1)C(C(=O)NCc1ccccc1Cl)c1ccccc1)Cc1ccccc1. The van der Waals surface area contributed by atoms with Crippen LogP contribution in [0.5, 0.6) is 0 Å². The van der Waals surface area contributed by atoms with Crippen molar-refractivity contribution >= 4 is 33.4 Å². The first-order valence-corrected chi connectivity index (χ1v) is 15.3. The lowest BCUT2D eigenvalue weighted by atomic mass is 10.0. The Hall–Kier alpha value is -3.98. The zero-order valence-electron chi connectivity index (χ0n) is 22.7. The number of amides is 2. The molecule has 0 spiro atoms. The van der Waals surface area contributed by atoms with Gasteiger partial charge in [-0.15, -0.1) is 0 Å². The van der Waals surface area contributed by atoms with Crippen LogP contribution in [0.15, 0.2) is 115 Å². The summed E-state index contributed by atoms with van der Waals surface area (Å²) in [6, 6.07) is 33.5. The third-order valence-corrected chi connectivity index (χ3v) is 8.15. The van der Waals surface area contributed by atoms with Gasteiger partial charge in [0.15, 0.2) is 0 Å². The molecule has 2 amide bonds. The number of carbonyl (C=O) groups is 2. The van der Waals surface area contributed by atoms with Crippen LogP contribution in [0, 0.1) is 0 Å². The van der Waals surface area contributed by atoms with Gasteiger partial charge in [-0.3, -0.25) is 9.59 Å². The van der Waals surface area contributed by atoms with Crippen LogP contribution in [0.2, 0.25) is 5.02 Å². The summed E-state index contributed by atoms with van der Waals surface area (Å²) >= 11 is 6.31. The third-order valence-electron chi connectivity index (χ3n) is 6.58. The van der Waals surface area contributed by atoms with E-state index < -0.39 is 34.4 Å². The first kappa shape index (κ1) is 30.0. The van der Waals surface area contributed by atoms with Crippen molar-refractivity contribution in [2.75, 3.05) is 12.8 Å². The lowest BCUT2D eigenvalue weighted by molar-refractivity contribution is -0.141. The number of carbonyl (C=O) groups excluding carboxylic acids is 2. The molecule has 0 aliphatic heterocycles. The molecule has 0 saturated heterocycles. The van der Waals surface area contributed by atoms with Crippen LogP contribution < -0.4 is 5.32 Å². The van der Waals surface area contributed by atoms with Gasteiger partial charge in [-0.25, -0.2) is 8.42 Å². The molecule has 1 unspecified atom stereocenters. The van der Waals surface area contributed by atoms with E-state index in [4.69, 9.17) is 11.6 Å². The third kappa shape index (κ3) is 8.50. The monoisotopic (exact) mass is 589 g/mol. The molecule has 1 N–H and O–H groups in total. The lowest BCUT2D eigenvalue weighted by Gasteiger charge is -2.33. The van der Waals surface area contributed by atoms with Gasteiger partial charge in [-0.1, -0.05) is 121 Å². The van der Waals surface area contributed by atoms with E-state index >= 15 is 0 Å². The first-order chi connectivity index (χ1) is 19.7. The van der Waals surface area contributed by atoms with Crippen LogP contribution in [0.3, 0.4) is 0 Å². The Morgan fingerprint density at radius 1 is 0.756 bits per heavy atom. The fraction of sp³-hybridized carbons (Fsp3) is 0.188. The molecule has 0 heterocycles. The van der Waals surface area contributed by atoms with Gasteiger partial charge in [0.25, 0.3) is 0 Å². The molecule has 0 bridgehead atoms. The van der Waals surface area contributed by atoms with Crippen molar-refractivity contribution in [2.24, 2.45) is 0 Å². The van der Waals surface area contributed by atoms with Gasteiger partial charge in [-0.05, 0) is 28.3 Å². The van der Waals surface area contributed by atoms with Gasteiger partial charge in [0.2, 0.25) is 21.8 Å². The summed E-state index contributed by atoms with van der Waals surface area (Å²) in [7, 11) is -3.76. The van der Waals surface area contributed by atoms with Crippen LogP contribution in [-0.4, -0.2) is 42.2 Å².